The Bertz CT molecular complexity index is 549. The van der Waals surface area contributed by atoms with E-state index in [2.05, 4.69) is 13.8 Å². The summed E-state index contributed by atoms with van der Waals surface area (Å²) < 4.78 is 33.4. The molecule has 0 bridgehead atoms. The first-order valence-electron chi connectivity index (χ1n) is 9.25. The second kappa shape index (κ2) is 9.14. The predicted molar refractivity (Wildman–Crippen MR) is 91.0 cm³/mol. The van der Waals surface area contributed by atoms with Crippen LogP contribution in [0.15, 0.2) is 12.1 Å². The smallest absolute Gasteiger partial charge is 0.314 e. The van der Waals surface area contributed by atoms with E-state index in [1.165, 1.54) is 12.1 Å². The third-order valence-electron chi connectivity index (χ3n) is 5.14. The summed E-state index contributed by atoms with van der Waals surface area (Å²) >= 11 is 0. The zero-order chi connectivity index (χ0) is 17.5. The second-order valence-electron chi connectivity index (χ2n) is 6.85. The van der Waals surface area contributed by atoms with E-state index in [0.717, 1.165) is 51.4 Å². The Balaban J connectivity index is 1.97. The molecule has 0 spiro atoms. The van der Waals surface area contributed by atoms with Crippen LogP contribution in [0.1, 0.15) is 70.8 Å². The largest absolute Gasteiger partial charge is 0.423 e. The summed E-state index contributed by atoms with van der Waals surface area (Å²) in [5.74, 6) is -2.16. The van der Waals surface area contributed by atoms with Gasteiger partial charge < -0.3 is 4.74 Å². The summed E-state index contributed by atoms with van der Waals surface area (Å²) in [6, 6.07) is 2.92. The lowest BCUT2D eigenvalue weighted by atomic mass is 9.81. The standard InChI is InChI=1S/C20H28F2O2/c1-3-5-6-7-15-12-13-17(19(22)18(15)21)24-20(23)16-10-8-14(4-2)9-11-16/h12-14,16H,3-11H2,1-2H3/t14-,16-. The van der Waals surface area contributed by atoms with Crippen molar-refractivity contribution in [2.24, 2.45) is 11.8 Å². The third kappa shape index (κ3) is 4.78. The number of hydrogen-bond donors (Lipinski definition) is 0. The Labute approximate surface area is 143 Å². The highest BCUT2D eigenvalue weighted by Gasteiger charge is 2.28. The number of unbranched alkanes of at least 4 members (excludes halogenated alkanes) is 2. The van der Waals surface area contributed by atoms with Crippen molar-refractivity contribution in [2.45, 2.75) is 71.6 Å². The SMILES string of the molecule is CCCCCc1ccc(OC(=O)[C@H]2CC[C@H](CC)CC2)c(F)c1F. The Hall–Kier alpha value is -1.45. The molecule has 24 heavy (non-hydrogen) atoms. The number of aryl methyl sites for hydroxylation is 1. The minimum absolute atomic E-state index is 0.195. The van der Waals surface area contributed by atoms with Crippen molar-refractivity contribution < 1.29 is 18.3 Å². The normalized spacial score (nSPS) is 20.8. The molecule has 4 heteroatoms. The fourth-order valence-electron chi connectivity index (χ4n) is 3.41. The van der Waals surface area contributed by atoms with Gasteiger partial charge >= 0.3 is 5.97 Å². The summed E-state index contributed by atoms with van der Waals surface area (Å²) in [4.78, 5) is 12.2. The van der Waals surface area contributed by atoms with Gasteiger partial charge in [-0.2, -0.15) is 4.39 Å². The summed E-state index contributed by atoms with van der Waals surface area (Å²) in [5.41, 5.74) is 0.351. The Kier molecular flexibility index (Phi) is 7.19. The molecule has 1 fully saturated rings. The van der Waals surface area contributed by atoms with Gasteiger partial charge in [-0.15, -0.1) is 0 Å². The van der Waals surface area contributed by atoms with Crippen LogP contribution in [-0.4, -0.2) is 5.97 Å². The van der Waals surface area contributed by atoms with Crippen LogP contribution in [0, 0.1) is 23.5 Å². The average Bonchev–Trinajstić information content (AvgIpc) is 2.61. The molecule has 1 aromatic rings. The second-order valence-corrected chi connectivity index (χ2v) is 6.85. The van der Waals surface area contributed by atoms with Crippen LogP contribution in [-0.2, 0) is 11.2 Å². The predicted octanol–water partition coefficient (Wildman–Crippen LogP) is 5.82. The van der Waals surface area contributed by atoms with Gasteiger partial charge in [0.15, 0.2) is 11.6 Å². The molecule has 1 aliphatic rings. The first kappa shape index (κ1) is 18.9. The van der Waals surface area contributed by atoms with E-state index in [1.54, 1.807) is 0 Å². The Morgan fingerprint density at radius 1 is 1.08 bits per heavy atom. The van der Waals surface area contributed by atoms with Crippen LogP contribution < -0.4 is 4.74 Å². The highest BCUT2D eigenvalue weighted by atomic mass is 19.2. The van der Waals surface area contributed by atoms with Gasteiger partial charge in [-0.1, -0.05) is 39.2 Å². The number of carbonyl (C=O) groups is 1. The minimum atomic E-state index is -1.04. The molecule has 0 unspecified atom stereocenters. The fourth-order valence-corrected chi connectivity index (χ4v) is 3.41. The van der Waals surface area contributed by atoms with Crippen LogP contribution in [0.2, 0.25) is 0 Å². The zero-order valence-corrected chi connectivity index (χ0v) is 14.7. The van der Waals surface area contributed by atoms with Gasteiger partial charge in [-0.25, -0.2) is 4.39 Å². The molecule has 1 saturated carbocycles. The van der Waals surface area contributed by atoms with Gasteiger partial charge in [0.1, 0.15) is 0 Å². The molecular weight excluding hydrogens is 310 g/mol. The maximum absolute atomic E-state index is 14.2. The number of halogens is 2. The monoisotopic (exact) mass is 338 g/mol. The first-order chi connectivity index (χ1) is 11.6. The topological polar surface area (TPSA) is 26.3 Å². The van der Waals surface area contributed by atoms with E-state index >= 15 is 0 Å². The minimum Gasteiger partial charge on any atom is -0.423 e. The number of benzene rings is 1. The number of carbonyl (C=O) groups excluding carboxylic acids is 1. The molecule has 2 rings (SSSR count). The molecular formula is C20H28F2O2. The van der Waals surface area contributed by atoms with Crippen LogP contribution in [0.5, 0.6) is 5.75 Å². The Morgan fingerprint density at radius 3 is 2.42 bits per heavy atom. The summed E-state index contributed by atoms with van der Waals surface area (Å²) in [7, 11) is 0. The van der Waals surface area contributed by atoms with Crippen molar-refractivity contribution in [3.8, 4) is 5.75 Å². The van der Waals surface area contributed by atoms with Gasteiger partial charge in [0.05, 0.1) is 5.92 Å². The van der Waals surface area contributed by atoms with Crippen LogP contribution >= 0.6 is 0 Å². The summed E-state index contributed by atoms with van der Waals surface area (Å²) in [6.07, 6.45) is 8.03. The number of ether oxygens (including phenoxy) is 1. The molecule has 1 aliphatic carbocycles. The average molecular weight is 338 g/mol. The lowest BCUT2D eigenvalue weighted by molar-refractivity contribution is -0.140. The highest BCUT2D eigenvalue weighted by Crippen LogP contribution is 2.32. The van der Waals surface area contributed by atoms with Crippen molar-refractivity contribution >= 4 is 5.97 Å². The number of rotatable bonds is 7. The number of esters is 1. The van der Waals surface area contributed by atoms with Crippen molar-refractivity contribution in [3.63, 3.8) is 0 Å². The zero-order valence-electron chi connectivity index (χ0n) is 14.7. The van der Waals surface area contributed by atoms with Gasteiger partial charge in [-0.05, 0) is 56.1 Å². The van der Waals surface area contributed by atoms with E-state index in [4.69, 9.17) is 4.74 Å². The molecule has 0 aromatic heterocycles. The van der Waals surface area contributed by atoms with Crippen LogP contribution in [0.3, 0.4) is 0 Å². The number of hydrogen-bond acceptors (Lipinski definition) is 2. The summed E-state index contributed by atoms with van der Waals surface area (Å²) in [6.45, 7) is 4.22. The van der Waals surface area contributed by atoms with Crippen molar-refractivity contribution in [3.05, 3.63) is 29.3 Å². The molecule has 0 radical (unpaired) electrons. The van der Waals surface area contributed by atoms with E-state index in [9.17, 15) is 13.6 Å². The van der Waals surface area contributed by atoms with E-state index in [0.29, 0.717) is 17.9 Å². The van der Waals surface area contributed by atoms with Crippen molar-refractivity contribution in [1.82, 2.24) is 0 Å². The van der Waals surface area contributed by atoms with E-state index in [-0.39, 0.29) is 11.7 Å². The van der Waals surface area contributed by atoms with Gasteiger partial charge in [0, 0.05) is 0 Å². The quantitative estimate of drug-likeness (QED) is 0.356. The molecule has 0 aliphatic heterocycles. The lowest BCUT2D eigenvalue weighted by Gasteiger charge is -2.26. The lowest BCUT2D eigenvalue weighted by Crippen LogP contribution is -2.26. The van der Waals surface area contributed by atoms with Crippen LogP contribution in [0.4, 0.5) is 8.78 Å². The van der Waals surface area contributed by atoms with Gasteiger partial charge in [0.25, 0.3) is 0 Å². The molecule has 0 heterocycles. The van der Waals surface area contributed by atoms with Gasteiger partial charge in [0.2, 0.25) is 5.82 Å². The summed E-state index contributed by atoms with van der Waals surface area (Å²) in [5, 5.41) is 0. The highest BCUT2D eigenvalue weighted by molar-refractivity contribution is 5.75. The third-order valence-corrected chi connectivity index (χ3v) is 5.14. The Morgan fingerprint density at radius 2 is 1.79 bits per heavy atom. The molecule has 2 nitrogen and oxygen atoms in total. The molecule has 0 N–H and O–H groups in total. The molecule has 0 amide bonds. The maximum atomic E-state index is 14.2. The van der Waals surface area contributed by atoms with E-state index < -0.39 is 17.6 Å². The fraction of sp³-hybridized carbons (Fsp3) is 0.650. The molecule has 0 atom stereocenters. The molecule has 0 saturated heterocycles. The van der Waals surface area contributed by atoms with Crippen molar-refractivity contribution in [1.29, 1.82) is 0 Å². The molecule has 1 aromatic carbocycles. The van der Waals surface area contributed by atoms with Gasteiger partial charge in [-0.3, -0.25) is 4.79 Å². The van der Waals surface area contributed by atoms with Crippen molar-refractivity contribution in [2.75, 3.05) is 0 Å². The molecule has 134 valence electrons. The van der Waals surface area contributed by atoms with Crippen LogP contribution in [0.25, 0.3) is 0 Å². The maximum Gasteiger partial charge on any atom is 0.314 e. The van der Waals surface area contributed by atoms with E-state index in [1.807, 2.05) is 0 Å². The first-order valence-corrected chi connectivity index (χ1v) is 9.25.